The zero-order valence-electron chi connectivity index (χ0n) is 9.49. The van der Waals surface area contributed by atoms with Gasteiger partial charge in [0, 0.05) is 11.7 Å². The molecule has 1 aliphatic carbocycles. The highest BCUT2D eigenvalue weighted by molar-refractivity contribution is 5.59. The van der Waals surface area contributed by atoms with Crippen LogP contribution in [0.25, 0.3) is 11.3 Å². The molecule has 1 saturated carbocycles. The second-order valence-corrected chi connectivity index (χ2v) is 4.75. The van der Waals surface area contributed by atoms with Crippen molar-refractivity contribution < 1.29 is 0 Å². The number of imidazole rings is 1. The van der Waals surface area contributed by atoms with Gasteiger partial charge in [0.15, 0.2) is 0 Å². The smallest absolute Gasteiger partial charge is 0.321 e. The number of hydrogen-bond donors (Lipinski definition) is 3. The molecule has 0 atom stereocenters. The highest BCUT2D eigenvalue weighted by atomic mass is 16.1. The first kappa shape index (κ1) is 10.4. The fourth-order valence-corrected chi connectivity index (χ4v) is 2.33. The molecule has 0 amide bonds. The van der Waals surface area contributed by atoms with Gasteiger partial charge in [0.1, 0.15) is 0 Å². The number of hydrogen-bond acceptors (Lipinski definition) is 2. The van der Waals surface area contributed by atoms with Gasteiger partial charge in [-0.25, -0.2) is 4.79 Å². The van der Waals surface area contributed by atoms with Gasteiger partial charge in [-0.05, 0) is 36.5 Å². The van der Waals surface area contributed by atoms with Crippen molar-refractivity contribution in [2.45, 2.75) is 24.8 Å². The van der Waals surface area contributed by atoms with Crippen LogP contribution in [0.1, 0.15) is 24.8 Å². The fraction of sp³-hybridized carbons (Fsp3) is 0.308. The molecule has 1 aromatic carbocycles. The van der Waals surface area contributed by atoms with Crippen LogP contribution in [0.3, 0.4) is 0 Å². The minimum atomic E-state index is -0.184. The summed E-state index contributed by atoms with van der Waals surface area (Å²) >= 11 is 0. The Morgan fingerprint density at radius 2 is 2.12 bits per heavy atom. The summed E-state index contributed by atoms with van der Waals surface area (Å²) in [6.07, 6.45) is 4.97. The maximum absolute atomic E-state index is 11.1. The summed E-state index contributed by atoms with van der Waals surface area (Å²) in [6, 6.07) is 8.10. The van der Waals surface area contributed by atoms with E-state index >= 15 is 0 Å². The molecular weight excluding hydrogens is 214 g/mol. The maximum Gasteiger partial charge on any atom is 0.323 e. The Morgan fingerprint density at radius 1 is 1.29 bits per heavy atom. The molecule has 4 N–H and O–H groups in total. The third-order valence-electron chi connectivity index (χ3n) is 3.59. The van der Waals surface area contributed by atoms with Crippen LogP contribution in [-0.4, -0.2) is 9.97 Å². The lowest BCUT2D eigenvalue weighted by Gasteiger charge is -2.38. The summed E-state index contributed by atoms with van der Waals surface area (Å²) in [7, 11) is 0. The van der Waals surface area contributed by atoms with E-state index in [2.05, 4.69) is 22.1 Å². The van der Waals surface area contributed by atoms with E-state index in [0.717, 1.165) is 29.7 Å². The van der Waals surface area contributed by atoms with E-state index in [1.807, 2.05) is 12.1 Å². The molecule has 0 aliphatic heterocycles. The highest BCUT2D eigenvalue weighted by Crippen LogP contribution is 2.39. The molecule has 1 aliphatic rings. The van der Waals surface area contributed by atoms with E-state index in [4.69, 9.17) is 5.73 Å². The number of aromatic nitrogens is 2. The van der Waals surface area contributed by atoms with Gasteiger partial charge in [0.25, 0.3) is 0 Å². The zero-order chi connectivity index (χ0) is 11.9. The summed E-state index contributed by atoms with van der Waals surface area (Å²) in [5, 5.41) is 0. The number of aromatic amines is 2. The van der Waals surface area contributed by atoms with E-state index in [9.17, 15) is 4.79 Å². The lowest BCUT2D eigenvalue weighted by molar-refractivity contribution is 0.253. The summed E-state index contributed by atoms with van der Waals surface area (Å²) < 4.78 is 0. The predicted octanol–water partition coefficient (Wildman–Crippen LogP) is 1.71. The molecule has 4 heteroatoms. The standard InChI is InChI=1S/C13H15N3O/c14-13(5-2-6-13)10-4-1-3-9(7-10)11-8-15-12(17)16-11/h1,3-4,7-8H,2,5-6,14H2,(H2,15,16,17). The molecule has 0 spiro atoms. The van der Waals surface area contributed by atoms with Crippen molar-refractivity contribution in [1.29, 1.82) is 0 Å². The first-order valence-electron chi connectivity index (χ1n) is 5.85. The van der Waals surface area contributed by atoms with Gasteiger partial charge < -0.3 is 15.7 Å². The van der Waals surface area contributed by atoms with Crippen molar-refractivity contribution >= 4 is 0 Å². The van der Waals surface area contributed by atoms with Gasteiger partial charge >= 0.3 is 5.69 Å². The van der Waals surface area contributed by atoms with Gasteiger partial charge in [0.2, 0.25) is 0 Å². The minimum Gasteiger partial charge on any atom is -0.321 e. The average molecular weight is 229 g/mol. The van der Waals surface area contributed by atoms with Crippen molar-refractivity contribution in [3.63, 3.8) is 0 Å². The van der Waals surface area contributed by atoms with Gasteiger partial charge in [0.05, 0.1) is 5.69 Å². The minimum absolute atomic E-state index is 0.160. The second-order valence-electron chi connectivity index (χ2n) is 4.75. The Bertz CT molecular complexity index is 592. The Balaban J connectivity index is 2.02. The van der Waals surface area contributed by atoms with E-state index in [-0.39, 0.29) is 11.2 Å². The number of rotatable bonds is 2. The average Bonchev–Trinajstić information content (AvgIpc) is 2.73. The summed E-state index contributed by atoms with van der Waals surface area (Å²) in [4.78, 5) is 16.4. The van der Waals surface area contributed by atoms with Gasteiger partial charge in [-0.2, -0.15) is 0 Å². The molecule has 0 saturated heterocycles. The molecule has 0 radical (unpaired) electrons. The topological polar surface area (TPSA) is 74.7 Å². The largest absolute Gasteiger partial charge is 0.323 e. The molecular formula is C13H15N3O. The van der Waals surface area contributed by atoms with E-state index < -0.39 is 0 Å². The van der Waals surface area contributed by atoms with E-state index in [1.54, 1.807) is 6.20 Å². The lowest BCUT2D eigenvalue weighted by Crippen LogP contribution is -2.43. The molecule has 88 valence electrons. The molecule has 4 nitrogen and oxygen atoms in total. The second kappa shape index (κ2) is 3.60. The third kappa shape index (κ3) is 1.70. The Hall–Kier alpha value is -1.81. The number of H-pyrrole nitrogens is 2. The van der Waals surface area contributed by atoms with Crippen LogP contribution in [0.4, 0.5) is 0 Å². The van der Waals surface area contributed by atoms with E-state index in [1.165, 1.54) is 6.42 Å². The molecule has 0 bridgehead atoms. The van der Waals surface area contributed by atoms with Gasteiger partial charge in [-0.3, -0.25) is 0 Å². The normalized spacial score (nSPS) is 17.7. The highest BCUT2D eigenvalue weighted by Gasteiger charge is 2.34. The Kier molecular flexibility index (Phi) is 2.19. The van der Waals surface area contributed by atoms with Crippen LogP contribution in [0.2, 0.25) is 0 Å². The quantitative estimate of drug-likeness (QED) is 0.733. The first-order chi connectivity index (χ1) is 8.17. The molecule has 1 heterocycles. The van der Waals surface area contributed by atoms with Crippen LogP contribution in [0.5, 0.6) is 0 Å². The zero-order valence-corrected chi connectivity index (χ0v) is 9.49. The number of benzene rings is 1. The third-order valence-corrected chi connectivity index (χ3v) is 3.59. The van der Waals surface area contributed by atoms with Crippen LogP contribution >= 0.6 is 0 Å². The Morgan fingerprint density at radius 3 is 2.71 bits per heavy atom. The van der Waals surface area contributed by atoms with E-state index in [0.29, 0.717) is 0 Å². The molecule has 17 heavy (non-hydrogen) atoms. The van der Waals surface area contributed by atoms with Crippen molar-refractivity contribution in [1.82, 2.24) is 9.97 Å². The number of nitrogens with two attached hydrogens (primary N) is 1. The summed E-state index contributed by atoms with van der Waals surface area (Å²) in [5.74, 6) is 0. The van der Waals surface area contributed by atoms with Crippen LogP contribution in [-0.2, 0) is 5.54 Å². The number of nitrogens with one attached hydrogen (secondary N) is 2. The molecule has 0 unspecified atom stereocenters. The van der Waals surface area contributed by atoms with Crippen LogP contribution in [0.15, 0.2) is 35.3 Å². The van der Waals surface area contributed by atoms with Gasteiger partial charge in [-0.15, -0.1) is 0 Å². The van der Waals surface area contributed by atoms with Crippen molar-refractivity contribution in [2.75, 3.05) is 0 Å². The maximum atomic E-state index is 11.1. The van der Waals surface area contributed by atoms with Crippen molar-refractivity contribution in [3.05, 3.63) is 46.5 Å². The summed E-state index contributed by atoms with van der Waals surface area (Å²) in [5.41, 5.74) is 8.91. The van der Waals surface area contributed by atoms with Crippen LogP contribution in [0, 0.1) is 0 Å². The monoisotopic (exact) mass is 229 g/mol. The summed E-state index contributed by atoms with van der Waals surface area (Å²) in [6.45, 7) is 0. The Labute approximate surface area is 98.9 Å². The molecule has 3 rings (SSSR count). The molecule has 1 fully saturated rings. The first-order valence-corrected chi connectivity index (χ1v) is 5.85. The van der Waals surface area contributed by atoms with Crippen molar-refractivity contribution in [2.24, 2.45) is 5.73 Å². The SMILES string of the molecule is NC1(c2cccc(-c3c[nH]c(=O)[nH]3)c2)CCC1. The van der Waals surface area contributed by atoms with Crippen LogP contribution < -0.4 is 11.4 Å². The fourth-order valence-electron chi connectivity index (χ4n) is 2.33. The predicted molar refractivity (Wildman–Crippen MR) is 66.6 cm³/mol. The lowest BCUT2D eigenvalue weighted by atomic mass is 9.72. The van der Waals surface area contributed by atoms with Gasteiger partial charge in [-0.1, -0.05) is 18.2 Å². The molecule has 1 aromatic heterocycles. The molecule has 2 aromatic rings. The van der Waals surface area contributed by atoms with Crippen molar-refractivity contribution in [3.8, 4) is 11.3 Å².